The molecule has 118 valence electrons. The Hall–Kier alpha value is -1.11. The van der Waals surface area contributed by atoms with Crippen molar-refractivity contribution < 1.29 is 4.90 Å². The van der Waals surface area contributed by atoms with Gasteiger partial charge in [0.1, 0.15) is 11.4 Å². The Morgan fingerprint density at radius 2 is 2.36 bits per heavy atom. The van der Waals surface area contributed by atoms with Gasteiger partial charge in [-0.05, 0) is 12.0 Å². The second-order valence-corrected chi connectivity index (χ2v) is 7.91. The minimum atomic E-state index is 0.112. The quantitative estimate of drug-likeness (QED) is 0.513. The van der Waals surface area contributed by atoms with Crippen LogP contribution in [0.4, 0.5) is 0 Å². The molecule has 0 radical (unpaired) electrons. The molecule has 1 aliphatic heterocycles. The number of thiophene rings is 1. The lowest BCUT2D eigenvalue weighted by molar-refractivity contribution is -0.895. The number of quaternary nitrogens is 1. The van der Waals surface area contributed by atoms with Crippen LogP contribution in [0.3, 0.4) is 0 Å². The molecule has 3 rings (SSSR count). The van der Waals surface area contributed by atoms with E-state index in [1.807, 2.05) is 0 Å². The Kier molecular flexibility index (Phi) is 4.70. The number of aromatic nitrogens is 2. The lowest BCUT2D eigenvalue weighted by atomic mass is 10.1. The molecule has 6 heteroatoms. The summed E-state index contributed by atoms with van der Waals surface area (Å²) in [5.41, 5.74) is 1.36. The van der Waals surface area contributed by atoms with E-state index in [9.17, 15) is 4.79 Å². The van der Waals surface area contributed by atoms with Crippen LogP contribution in [-0.2, 0) is 19.5 Å². The van der Waals surface area contributed by atoms with Gasteiger partial charge in [0.25, 0.3) is 5.56 Å². The van der Waals surface area contributed by atoms with Crippen LogP contribution in [0.25, 0.3) is 10.2 Å². The number of nitrogens with one attached hydrogen (secondary N) is 1. The van der Waals surface area contributed by atoms with Gasteiger partial charge in [0.2, 0.25) is 0 Å². The largest absolute Gasteiger partial charge is 0.333 e. The maximum Gasteiger partial charge on any atom is 0.263 e. The first-order valence-corrected chi connectivity index (χ1v) is 9.56. The number of hydrogen-bond donors (Lipinski definition) is 1. The van der Waals surface area contributed by atoms with Crippen molar-refractivity contribution >= 4 is 33.3 Å². The van der Waals surface area contributed by atoms with Crippen LogP contribution in [-0.4, -0.2) is 28.9 Å². The van der Waals surface area contributed by atoms with E-state index in [0.29, 0.717) is 6.54 Å². The molecule has 1 N–H and O–H groups in total. The summed E-state index contributed by atoms with van der Waals surface area (Å²) in [6, 6.07) is 0. The van der Waals surface area contributed by atoms with Gasteiger partial charge in [-0.3, -0.25) is 9.36 Å². The van der Waals surface area contributed by atoms with Gasteiger partial charge >= 0.3 is 0 Å². The Bertz CT molecular complexity index is 763. The monoisotopic (exact) mass is 336 g/mol. The Morgan fingerprint density at radius 1 is 1.55 bits per heavy atom. The molecule has 4 nitrogen and oxygen atoms in total. The number of allylic oxidation sites excluding steroid dienone is 1. The summed E-state index contributed by atoms with van der Waals surface area (Å²) in [5, 5.41) is 1.69. The zero-order valence-electron chi connectivity index (χ0n) is 13.1. The second kappa shape index (κ2) is 6.56. The van der Waals surface area contributed by atoms with Crippen molar-refractivity contribution in [2.75, 3.05) is 19.3 Å². The standard InChI is InChI=1S/C16H21N3OS2/c1-4-7-19-15(20)13-11-6-8-18(3)10-12(11)22-14(13)17-16(19)21-9-5-2/h4H,1,5-10H2,2-3H3/p+1. The molecular formula is C16H22N3OS2+. The van der Waals surface area contributed by atoms with E-state index in [-0.39, 0.29) is 5.56 Å². The Morgan fingerprint density at radius 3 is 3.09 bits per heavy atom. The van der Waals surface area contributed by atoms with Crippen molar-refractivity contribution in [3.05, 3.63) is 33.4 Å². The highest BCUT2D eigenvalue weighted by Crippen LogP contribution is 2.30. The van der Waals surface area contributed by atoms with Gasteiger partial charge in [-0.1, -0.05) is 24.8 Å². The van der Waals surface area contributed by atoms with Crippen molar-refractivity contribution in [3.63, 3.8) is 0 Å². The molecule has 0 aromatic carbocycles. The van der Waals surface area contributed by atoms with Crippen molar-refractivity contribution in [2.24, 2.45) is 0 Å². The smallest absolute Gasteiger partial charge is 0.263 e. The number of fused-ring (bicyclic) bond motifs is 3. The summed E-state index contributed by atoms with van der Waals surface area (Å²) in [6.07, 6.45) is 3.83. The van der Waals surface area contributed by atoms with Gasteiger partial charge in [0.15, 0.2) is 5.16 Å². The summed E-state index contributed by atoms with van der Waals surface area (Å²) in [4.78, 5) is 21.6. The van der Waals surface area contributed by atoms with Gasteiger partial charge in [-0.15, -0.1) is 17.9 Å². The molecule has 3 heterocycles. The van der Waals surface area contributed by atoms with Gasteiger partial charge < -0.3 is 4.90 Å². The number of rotatable bonds is 5. The highest BCUT2D eigenvalue weighted by molar-refractivity contribution is 7.99. The molecule has 0 bridgehead atoms. The van der Waals surface area contributed by atoms with E-state index in [4.69, 9.17) is 4.98 Å². The summed E-state index contributed by atoms with van der Waals surface area (Å²) in [6.45, 7) is 8.56. The number of hydrogen-bond acceptors (Lipinski definition) is 4. The lowest BCUT2D eigenvalue weighted by Crippen LogP contribution is -3.08. The Labute approximate surface area is 138 Å². The average molecular weight is 337 g/mol. The molecule has 0 spiro atoms. The van der Waals surface area contributed by atoms with Gasteiger partial charge in [0.05, 0.1) is 23.9 Å². The maximum absolute atomic E-state index is 13.0. The minimum Gasteiger partial charge on any atom is -0.333 e. The van der Waals surface area contributed by atoms with E-state index >= 15 is 0 Å². The van der Waals surface area contributed by atoms with Gasteiger partial charge in [0, 0.05) is 18.7 Å². The van der Waals surface area contributed by atoms with Crippen LogP contribution in [0, 0.1) is 0 Å². The van der Waals surface area contributed by atoms with Gasteiger partial charge in [-0.2, -0.15) is 0 Å². The molecule has 22 heavy (non-hydrogen) atoms. The molecule has 0 fully saturated rings. The van der Waals surface area contributed by atoms with Crippen LogP contribution in [0.2, 0.25) is 0 Å². The fourth-order valence-corrected chi connectivity index (χ4v) is 5.11. The number of thioether (sulfide) groups is 1. The molecule has 0 aliphatic carbocycles. The number of nitrogens with zero attached hydrogens (tertiary/aromatic N) is 2. The van der Waals surface area contributed by atoms with Crippen LogP contribution >= 0.6 is 23.1 Å². The van der Waals surface area contributed by atoms with E-state index in [0.717, 1.165) is 47.1 Å². The Balaban J connectivity index is 2.19. The van der Waals surface area contributed by atoms with Crippen LogP contribution < -0.4 is 10.5 Å². The van der Waals surface area contributed by atoms with E-state index in [1.54, 1.807) is 33.7 Å². The molecule has 2 aromatic rings. The molecule has 1 aliphatic rings. The lowest BCUT2D eigenvalue weighted by Gasteiger charge is -2.19. The first-order valence-electron chi connectivity index (χ1n) is 7.75. The minimum absolute atomic E-state index is 0.112. The summed E-state index contributed by atoms with van der Waals surface area (Å²) in [7, 11) is 2.21. The summed E-state index contributed by atoms with van der Waals surface area (Å²) < 4.78 is 1.79. The third-order valence-electron chi connectivity index (χ3n) is 3.97. The molecule has 0 saturated carbocycles. The zero-order valence-corrected chi connectivity index (χ0v) is 14.8. The van der Waals surface area contributed by atoms with E-state index in [2.05, 4.69) is 20.6 Å². The molecule has 1 atom stereocenters. The first-order chi connectivity index (χ1) is 10.7. The van der Waals surface area contributed by atoms with E-state index < -0.39 is 0 Å². The molecule has 0 amide bonds. The van der Waals surface area contributed by atoms with Crippen molar-refractivity contribution in [3.8, 4) is 0 Å². The molecule has 0 saturated heterocycles. The third-order valence-corrected chi connectivity index (χ3v) is 6.28. The zero-order chi connectivity index (χ0) is 15.7. The van der Waals surface area contributed by atoms with Crippen molar-refractivity contribution in [2.45, 2.75) is 38.0 Å². The van der Waals surface area contributed by atoms with E-state index in [1.165, 1.54) is 15.3 Å². The molecule has 2 aromatic heterocycles. The fourth-order valence-electron chi connectivity index (χ4n) is 2.87. The summed E-state index contributed by atoms with van der Waals surface area (Å²) >= 11 is 3.38. The van der Waals surface area contributed by atoms with Crippen LogP contribution in [0.5, 0.6) is 0 Å². The SMILES string of the molecule is C=CCn1c(SCCC)nc2sc3c(c2c1=O)CC[NH+](C)C3. The predicted octanol–water partition coefficient (Wildman–Crippen LogP) is 1.72. The normalized spacial score (nSPS) is 17.6. The predicted molar refractivity (Wildman–Crippen MR) is 94.3 cm³/mol. The molecule has 1 unspecified atom stereocenters. The van der Waals surface area contributed by atoms with Crippen molar-refractivity contribution in [1.82, 2.24) is 9.55 Å². The highest BCUT2D eigenvalue weighted by Gasteiger charge is 2.25. The first kappa shape index (κ1) is 15.8. The van der Waals surface area contributed by atoms with Crippen LogP contribution in [0.15, 0.2) is 22.6 Å². The average Bonchev–Trinajstić information content (AvgIpc) is 2.85. The fraction of sp³-hybridized carbons (Fsp3) is 0.500. The van der Waals surface area contributed by atoms with Crippen LogP contribution in [0.1, 0.15) is 23.8 Å². The summed E-state index contributed by atoms with van der Waals surface area (Å²) in [5.74, 6) is 0.979. The topological polar surface area (TPSA) is 39.3 Å². The van der Waals surface area contributed by atoms with Crippen molar-refractivity contribution in [1.29, 1.82) is 0 Å². The second-order valence-electron chi connectivity index (χ2n) is 5.77. The maximum atomic E-state index is 13.0. The van der Waals surface area contributed by atoms with Gasteiger partial charge in [-0.25, -0.2) is 4.98 Å². The highest BCUT2D eigenvalue weighted by atomic mass is 32.2. The third kappa shape index (κ3) is 2.75. The number of likely N-dealkylation sites (N-methyl/N-ethyl adjacent to an activating group) is 1. The molecular weight excluding hydrogens is 314 g/mol.